The van der Waals surface area contributed by atoms with Crippen molar-refractivity contribution in [1.29, 1.82) is 0 Å². The van der Waals surface area contributed by atoms with E-state index in [2.05, 4.69) is 21.3 Å². The minimum Gasteiger partial charge on any atom is -0.342 e. The molecule has 56 heavy (non-hydrogen) atoms. The quantitative estimate of drug-likeness (QED) is 0.127. The first-order valence-corrected chi connectivity index (χ1v) is 21.9. The van der Waals surface area contributed by atoms with Crippen LogP contribution >= 0.6 is 11.6 Å². The Labute approximate surface area is 325 Å². The minimum absolute atomic E-state index is 0.0449. The van der Waals surface area contributed by atoms with E-state index in [-0.39, 0.29) is 76.5 Å². The number of hydrogen-bond acceptors (Lipinski definition) is 10. The number of carbonyl (C=O) groups excluding carboxylic acids is 3. The van der Waals surface area contributed by atoms with Crippen LogP contribution in [-0.2, 0) is 37.4 Å². The van der Waals surface area contributed by atoms with Gasteiger partial charge in [-0.15, -0.1) is 0 Å². The van der Waals surface area contributed by atoms with Crippen molar-refractivity contribution in [3.63, 3.8) is 0 Å². The number of ketones is 1. The van der Waals surface area contributed by atoms with Gasteiger partial charge < -0.3 is 31.6 Å². The molecule has 310 valence electrons. The molecular formula is C35H44ClF5N6O7S2. The van der Waals surface area contributed by atoms with Crippen molar-refractivity contribution in [3.05, 3.63) is 51.6 Å². The SMILES string of the molecule is CC1(NCC2(N)CC(F)(F)C2)CS(=O)(=O)C1.Cc1c(C(=O)C(=O)NC2(CNC3(C)CS(=O)(=O)C3)CC(F)(F)C2)c2n(c1C(=O)Nc1ccc(F)c(Cl)c1)CCC2. The molecule has 4 fully saturated rings. The topological polar surface area (TPSA) is 199 Å². The van der Waals surface area contributed by atoms with E-state index in [1.165, 1.54) is 19.1 Å². The second-order valence-electron chi connectivity index (χ2n) is 16.9. The van der Waals surface area contributed by atoms with Gasteiger partial charge in [-0.1, -0.05) is 11.6 Å². The van der Waals surface area contributed by atoms with Gasteiger partial charge in [0.1, 0.15) is 11.5 Å². The van der Waals surface area contributed by atoms with Crippen LogP contribution in [0.15, 0.2) is 18.2 Å². The molecule has 1 aromatic carbocycles. The van der Waals surface area contributed by atoms with Crippen molar-refractivity contribution in [2.45, 2.75) is 99.8 Å². The first kappa shape index (κ1) is 42.4. The third kappa shape index (κ3) is 8.94. The van der Waals surface area contributed by atoms with Gasteiger partial charge in [-0.25, -0.2) is 38.8 Å². The zero-order chi connectivity index (χ0) is 41.5. The molecule has 0 atom stereocenters. The number of hydrogen-bond donors (Lipinski definition) is 5. The van der Waals surface area contributed by atoms with E-state index in [4.69, 9.17) is 17.3 Å². The van der Waals surface area contributed by atoms with Gasteiger partial charge in [-0.3, -0.25) is 14.4 Å². The first-order valence-electron chi connectivity index (χ1n) is 17.9. The molecular weight excluding hydrogens is 811 g/mol. The molecule has 2 saturated heterocycles. The Hall–Kier alpha value is -3.17. The lowest BCUT2D eigenvalue weighted by molar-refractivity contribution is -0.145. The number of nitrogens with one attached hydrogen (secondary N) is 4. The lowest BCUT2D eigenvalue weighted by Gasteiger charge is -2.50. The van der Waals surface area contributed by atoms with Crippen LogP contribution in [0.1, 0.15) is 78.1 Å². The number of amides is 2. The first-order chi connectivity index (χ1) is 25.6. The lowest BCUT2D eigenvalue weighted by atomic mass is 9.72. The van der Waals surface area contributed by atoms with Crippen LogP contribution in [0, 0.1) is 12.7 Å². The van der Waals surface area contributed by atoms with Crippen LogP contribution < -0.4 is 27.0 Å². The predicted molar refractivity (Wildman–Crippen MR) is 197 cm³/mol. The molecule has 3 aliphatic heterocycles. The van der Waals surface area contributed by atoms with E-state index in [0.717, 1.165) is 6.07 Å². The number of carbonyl (C=O) groups is 3. The molecule has 13 nitrogen and oxygen atoms in total. The fourth-order valence-electron chi connectivity index (χ4n) is 8.62. The lowest BCUT2D eigenvalue weighted by Crippen LogP contribution is -2.71. The largest absolute Gasteiger partial charge is 0.342 e. The van der Waals surface area contributed by atoms with Crippen LogP contribution in [-0.4, -0.2) is 109 Å². The molecule has 0 radical (unpaired) electrons. The van der Waals surface area contributed by atoms with E-state index in [1.807, 2.05) is 0 Å². The molecule has 0 bridgehead atoms. The Morgan fingerprint density at radius 2 is 1.41 bits per heavy atom. The molecule has 4 heterocycles. The number of aromatic nitrogens is 1. The molecule has 2 saturated carbocycles. The third-order valence-corrected chi connectivity index (χ3v) is 15.5. The molecule has 5 aliphatic rings. The molecule has 2 aliphatic carbocycles. The number of benzene rings is 1. The van der Waals surface area contributed by atoms with E-state index < -0.39 is 89.9 Å². The third-order valence-electron chi connectivity index (χ3n) is 10.9. The van der Waals surface area contributed by atoms with Crippen LogP contribution in [0.3, 0.4) is 0 Å². The number of alkyl halides is 4. The van der Waals surface area contributed by atoms with Gasteiger partial charge in [0.2, 0.25) is 0 Å². The highest BCUT2D eigenvalue weighted by atomic mass is 35.5. The highest BCUT2D eigenvalue weighted by molar-refractivity contribution is 7.93. The van der Waals surface area contributed by atoms with Crippen LogP contribution in [0.2, 0.25) is 5.02 Å². The van der Waals surface area contributed by atoms with Gasteiger partial charge in [0.25, 0.3) is 29.4 Å². The number of rotatable bonds is 11. The summed E-state index contributed by atoms with van der Waals surface area (Å²) in [6, 6.07) is 3.69. The van der Waals surface area contributed by atoms with Crippen molar-refractivity contribution in [1.82, 2.24) is 20.5 Å². The second kappa shape index (κ2) is 14.0. The van der Waals surface area contributed by atoms with Crippen molar-refractivity contribution >= 4 is 54.6 Å². The number of Topliss-reactive ketones (excluding diaryl/α,β-unsaturated/α-hetero) is 1. The Balaban J connectivity index is 0.000000277. The van der Waals surface area contributed by atoms with Crippen molar-refractivity contribution in [3.8, 4) is 0 Å². The van der Waals surface area contributed by atoms with E-state index in [1.54, 1.807) is 18.4 Å². The molecule has 2 aromatic rings. The van der Waals surface area contributed by atoms with Gasteiger partial charge in [0.15, 0.2) is 19.7 Å². The minimum atomic E-state index is -3.19. The number of anilines is 1. The van der Waals surface area contributed by atoms with Gasteiger partial charge in [-0.05, 0) is 57.4 Å². The maximum absolute atomic E-state index is 14.0. The molecule has 0 spiro atoms. The van der Waals surface area contributed by atoms with Crippen molar-refractivity contribution in [2.24, 2.45) is 5.73 Å². The summed E-state index contributed by atoms with van der Waals surface area (Å²) in [5, 5.41) is 10.9. The Morgan fingerprint density at radius 1 is 0.875 bits per heavy atom. The average Bonchev–Trinajstić information content (AvgIpc) is 3.56. The summed E-state index contributed by atoms with van der Waals surface area (Å²) in [6.07, 6.45) is -0.985. The summed E-state index contributed by atoms with van der Waals surface area (Å²) in [5.41, 5.74) is 3.34. The zero-order valence-electron chi connectivity index (χ0n) is 30.9. The summed E-state index contributed by atoms with van der Waals surface area (Å²) < 4.78 is 114. The van der Waals surface area contributed by atoms with Crippen LogP contribution in [0.5, 0.6) is 0 Å². The smallest absolute Gasteiger partial charge is 0.292 e. The Bertz CT molecular complexity index is 2180. The molecule has 7 rings (SSSR count). The number of halogens is 6. The number of sulfone groups is 2. The standard InChI is InChI=1S/C26H28ClF3N4O5S.C9H16F2N2O2S/c1-14-19(18-4-3-7-34(18)20(14)22(36)32-15-5-6-17(28)16(27)8-15)21(35)23(37)33-25(9-26(29,30)10-25)11-31-24(2)12-40(38,39)13-24;1-7(5-16(14,15)6-7)13-4-8(12)2-9(10,11)3-8/h5-6,8,31H,3-4,7,9-13H2,1-2H3,(H,32,36)(H,33,37);13H,2-6,12H2,1H3. The van der Waals surface area contributed by atoms with Crippen LogP contribution in [0.25, 0.3) is 0 Å². The highest BCUT2D eigenvalue weighted by Crippen LogP contribution is 2.46. The second-order valence-corrected chi connectivity index (χ2v) is 21.4. The molecule has 1 aromatic heterocycles. The van der Waals surface area contributed by atoms with Crippen LogP contribution in [0.4, 0.5) is 27.6 Å². The van der Waals surface area contributed by atoms with Crippen molar-refractivity contribution in [2.75, 3.05) is 41.4 Å². The van der Waals surface area contributed by atoms with Gasteiger partial charge in [-0.2, -0.15) is 0 Å². The zero-order valence-corrected chi connectivity index (χ0v) is 33.3. The molecule has 0 unspecified atom stereocenters. The number of nitrogens with zero attached hydrogens (tertiary/aromatic N) is 1. The fourth-order valence-corrected chi connectivity index (χ4v) is 12.9. The van der Waals surface area contributed by atoms with Gasteiger partial charge >= 0.3 is 0 Å². The normalized spacial score (nSPS) is 24.3. The highest BCUT2D eigenvalue weighted by Gasteiger charge is 2.59. The van der Waals surface area contributed by atoms with Crippen molar-refractivity contribution < 1.29 is 53.2 Å². The predicted octanol–water partition coefficient (Wildman–Crippen LogP) is 2.92. The maximum Gasteiger partial charge on any atom is 0.292 e. The summed E-state index contributed by atoms with van der Waals surface area (Å²) in [5.74, 6) is -9.11. The summed E-state index contributed by atoms with van der Waals surface area (Å²) in [4.78, 5) is 39.8. The maximum atomic E-state index is 14.0. The van der Waals surface area contributed by atoms with Gasteiger partial charge in [0.05, 0.1) is 39.1 Å². The Morgan fingerprint density at radius 3 is 1.91 bits per heavy atom. The fraction of sp³-hybridized carbons (Fsp3) is 0.629. The summed E-state index contributed by atoms with van der Waals surface area (Å²) in [6.45, 7) is 5.51. The van der Waals surface area contributed by atoms with E-state index in [9.17, 15) is 53.2 Å². The number of fused-ring (bicyclic) bond motifs is 1. The van der Waals surface area contributed by atoms with E-state index >= 15 is 0 Å². The molecule has 6 N–H and O–H groups in total. The van der Waals surface area contributed by atoms with Gasteiger partial charge in [0, 0.05) is 73.3 Å². The average molecular weight is 855 g/mol. The summed E-state index contributed by atoms with van der Waals surface area (Å²) >= 11 is 5.81. The monoisotopic (exact) mass is 854 g/mol. The summed E-state index contributed by atoms with van der Waals surface area (Å²) in [7, 11) is -6.11. The van der Waals surface area contributed by atoms with E-state index in [0.29, 0.717) is 25.1 Å². The molecule has 2 amide bonds. The number of nitrogens with two attached hydrogens (primary N) is 1. The Kier molecular flexibility index (Phi) is 10.6. The molecule has 21 heteroatoms.